The predicted octanol–water partition coefficient (Wildman–Crippen LogP) is 1.71. The molecule has 2 fully saturated rings. The second-order valence-electron chi connectivity index (χ2n) is 6.06. The molecular formula is C14H23NO4. The number of carbonyl (C=O) groups is 2. The summed E-state index contributed by atoms with van der Waals surface area (Å²) in [6.45, 7) is 4.23. The van der Waals surface area contributed by atoms with Crippen molar-refractivity contribution in [1.82, 2.24) is 5.32 Å². The van der Waals surface area contributed by atoms with Gasteiger partial charge in [-0.1, -0.05) is 19.8 Å². The monoisotopic (exact) mass is 269 g/mol. The predicted molar refractivity (Wildman–Crippen MR) is 69.7 cm³/mol. The fraction of sp³-hybridized carbons (Fsp3) is 0.857. The lowest BCUT2D eigenvalue weighted by Crippen LogP contribution is -2.63. The standard InChI is InChI=1S/C14H23NO4/c1-10-6-3-4-8-14(10,12(17)18)15-11(16)13(2)7-5-9-19-13/h10H,3-9H2,1-2H3,(H,15,16)(H,17,18). The lowest BCUT2D eigenvalue weighted by atomic mass is 9.73. The first kappa shape index (κ1) is 14.3. The molecule has 2 rings (SSSR count). The number of carboxylic acid groups (broad SMARTS) is 1. The summed E-state index contributed by atoms with van der Waals surface area (Å²) >= 11 is 0. The number of aliphatic carboxylic acids is 1. The summed E-state index contributed by atoms with van der Waals surface area (Å²) in [6.07, 6.45) is 4.71. The van der Waals surface area contributed by atoms with Crippen LogP contribution in [-0.4, -0.2) is 34.7 Å². The quantitative estimate of drug-likeness (QED) is 0.817. The summed E-state index contributed by atoms with van der Waals surface area (Å²) in [7, 11) is 0. The summed E-state index contributed by atoms with van der Waals surface area (Å²) in [6, 6.07) is 0. The van der Waals surface area contributed by atoms with Crippen LogP contribution in [0.2, 0.25) is 0 Å². The van der Waals surface area contributed by atoms with Crippen LogP contribution < -0.4 is 5.32 Å². The van der Waals surface area contributed by atoms with E-state index < -0.39 is 17.1 Å². The second kappa shape index (κ2) is 5.12. The van der Waals surface area contributed by atoms with Crippen molar-refractivity contribution in [3.63, 3.8) is 0 Å². The Kier molecular flexibility index (Phi) is 3.85. The molecule has 5 heteroatoms. The van der Waals surface area contributed by atoms with Gasteiger partial charge in [0.25, 0.3) is 5.91 Å². The third kappa shape index (κ3) is 2.48. The maximum Gasteiger partial charge on any atom is 0.329 e. The minimum absolute atomic E-state index is 0.0484. The highest BCUT2D eigenvalue weighted by atomic mass is 16.5. The van der Waals surface area contributed by atoms with Crippen molar-refractivity contribution in [2.75, 3.05) is 6.61 Å². The third-order valence-electron chi connectivity index (χ3n) is 4.72. The molecule has 2 N–H and O–H groups in total. The van der Waals surface area contributed by atoms with Crippen LogP contribution in [0.1, 0.15) is 52.4 Å². The fourth-order valence-corrected chi connectivity index (χ4v) is 3.20. The second-order valence-corrected chi connectivity index (χ2v) is 6.06. The normalized spacial score (nSPS) is 38.9. The first-order chi connectivity index (χ1) is 8.91. The highest BCUT2D eigenvalue weighted by Crippen LogP contribution is 2.35. The van der Waals surface area contributed by atoms with E-state index in [1.165, 1.54) is 0 Å². The molecule has 0 bridgehead atoms. The van der Waals surface area contributed by atoms with E-state index in [1.54, 1.807) is 6.92 Å². The van der Waals surface area contributed by atoms with Crippen LogP contribution in [-0.2, 0) is 14.3 Å². The van der Waals surface area contributed by atoms with Gasteiger partial charge in [0.15, 0.2) is 0 Å². The van der Waals surface area contributed by atoms with Crippen LogP contribution in [0.3, 0.4) is 0 Å². The molecule has 1 saturated carbocycles. The fourth-order valence-electron chi connectivity index (χ4n) is 3.20. The van der Waals surface area contributed by atoms with E-state index in [0.717, 1.165) is 25.7 Å². The number of ether oxygens (including phenoxy) is 1. The third-order valence-corrected chi connectivity index (χ3v) is 4.72. The van der Waals surface area contributed by atoms with Crippen molar-refractivity contribution in [3.05, 3.63) is 0 Å². The highest BCUT2D eigenvalue weighted by molar-refractivity contribution is 5.91. The Morgan fingerprint density at radius 1 is 1.26 bits per heavy atom. The number of carbonyl (C=O) groups excluding carboxylic acids is 1. The highest BCUT2D eigenvalue weighted by Gasteiger charge is 2.49. The number of nitrogens with one attached hydrogen (secondary N) is 1. The van der Waals surface area contributed by atoms with Crippen molar-refractivity contribution in [2.45, 2.75) is 63.5 Å². The molecule has 0 aromatic rings. The largest absolute Gasteiger partial charge is 0.479 e. The van der Waals surface area contributed by atoms with Gasteiger partial charge in [-0.05, 0) is 38.5 Å². The van der Waals surface area contributed by atoms with Crippen molar-refractivity contribution in [1.29, 1.82) is 0 Å². The summed E-state index contributed by atoms with van der Waals surface area (Å²) in [5.41, 5.74) is -1.98. The number of amides is 1. The van der Waals surface area contributed by atoms with Crippen LogP contribution in [0, 0.1) is 5.92 Å². The average molecular weight is 269 g/mol. The Hall–Kier alpha value is -1.10. The van der Waals surface area contributed by atoms with Gasteiger partial charge in [0.2, 0.25) is 0 Å². The van der Waals surface area contributed by atoms with Crippen LogP contribution in [0.25, 0.3) is 0 Å². The van der Waals surface area contributed by atoms with Gasteiger partial charge in [-0.2, -0.15) is 0 Å². The molecule has 2 aliphatic rings. The van der Waals surface area contributed by atoms with Crippen molar-refractivity contribution in [2.24, 2.45) is 5.92 Å². The molecular weight excluding hydrogens is 246 g/mol. The lowest BCUT2D eigenvalue weighted by Gasteiger charge is -2.41. The maximum atomic E-state index is 12.4. The molecule has 0 aromatic carbocycles. The van der Waals surface area contributed by atoms with Crippen molar-refractivity contribution < 1.29 is 19.4 Å². The Morgan fingerprint density at radius 3 is 2.53 bits per heavy atom. The molecule has 1 aliphatic heterocycles. The van der Waals surface area contributed by atoms with Gasteiger partial charge in [-0.25, -0.2) is 4.79 Å². The van der Waals surface area contributed by atoms with Crippen molar-refractivity contribution in [3.8, 4) is 0 Å². The molecule has 3 atom stereocenters. The van der Waals surface area contributed by atoms with E-state index in [4.69, 9.17) is 4.74 Å². The first-order valence-electron chi connectivity index (χ1n) is 7.11. The molecule has 0 aromatic heterocycles. The minimum Gasteiger partial charge on any atom is -0.479 e. The van der Waals surface area contributed by atoms with Crippen LogP contribution in [0.15, 0.2) is 0 Å². The molecule has 3 unspecified atom stereocenters. The smallest absolute Gasteiger partial charge is 0.329 e. The zero-order valence-electron chi connectivity index (χ0n) is 11.7. The van der Waals surface area contributed by atoms with Crippen LogP contribution >= 0.6 is 0 Å². The van der Waals surface area contributed by atoms with Gasteiger partial charge < -0.3 is 15.2 Å². The van der Waals surface area contributed by atoms with Crippen LogP contribution in [0.4, 0.5) is 0 Å². The molecule has 1 saturated heterocycles. The molecule has 0 spiro atoms. The SMILES string of the molecule is CC1CCCCC1(NC(=O)C1(C)CCCO1)C(=O)O. The van der Waals surface area contributed by atoms with E-state index >= 15 is 0 Å². The minimum atomic E-state index is -1.12. The Bertz CT molecular complexity index is 376. The van der Waals surface area contributed by atoms with Crippen molar-refractivity contribution >= 4 is 11.9 Å². The van der Waals surface area contributed by atoms with Gasteiger partial charge in [0, 0.05) is 6.61 Å². The van der Waals surface area contributed by atoms with E-state index in [2.05, 4.69) is 5.32 Å². The average Bonchev–Trinajstić information content (AvgIpc) is 2.80. The molecule has 1 aliphatic carbocycles. The molecule has 1 amide bonds. The maximum absolute atomic E-state index is 12.4. The summed E-state index contributed by atoms with van der Waals surface area (Å²) in [4.78, 5) is 24.1. The molecule has 0 radical (unpaired) electrons. The topological polar surface area (TPSA) is 75.6 Å². The summed E-state index contributed by atoms with van der Waals surface area (Å²) in [5, 5.41) is 12.4. The van der Waals surface area contributed by atoms with Gasteiger partial charge in [0.1, 0.15) is 11.1 Å². The number of carboxylic acids is 1. The Morgan fingerprint density at radius 2 is 2.00 bits per heavy atom. The van der Waals surface area contributed by atoms with E-state index in [-0.39, 0.29) is 11.8 Å². The van der Waals surface area contributed by atoms with E-state index in [9.17, 15) is 14.7 Å². The van der Waals surface area contributed by atoms with Gasteiger partial charge in [-0.3, -0.25) is 4.79 Å². The lowest BCUT2D eigenvalue weighted by molar-refractivity contribution is -0.156. The zero-order chi connectivity index (χ0) is 14.1. The van der Waals surface area contributed by atoms with Crippen LogP contribution in [0.5, 0.6) is 0 Å². The van der Waals surface area contributed by atoms with E-state index in [0.29, 0.717) is 19.4 Å². The number of hydrogen-bond donors (Lipinski definition) is 2. The molecule has 19 heavy (non-hydrogen) atoms. The Labute approximate surface area is 113 Å². The molecule has 1 heterocycles. The molecule has 108 valence electrons. The first-order valence-corrected chi connectivity index (χ1v) is 7.11. The van der Waals surface area contributed by atoms with Gasteiger partial charge in [-0.15, -0.1) is 0 Å². The summed E-state index contributed by atoms with van der Waals surface area (Å²) in [5.74, 6) is -1.25. The zero-order valence-corrected chi connectivity index (χ0v) is 11.7. The van der Waals surface area contributed by atoms with E-state index in [1.807, 2.05) is 6.92 Å². The molecule has 5 nitrogen and oxygen atoms in total. The van der Waals surface area contributed by atoms with Gasteiger partial charge >= 0.3 is 5.97 Å². The number of rotatable bonds is 3. The number of hydrogen-bond acceptors (Lipinski definition) is 3. The summed E-state index contributed by atoms with van der Waals surface area (Å²) < 4.78 is 5.50. The Balaban J connectivity index is 2.17. The van der Waals surface area contributed by atoms with Gasteiger partial charge in [0.05, 0.1) is 0 Å².